The first-order chi connectivity index (χ1) is 8.20. The Morgan fingerprint density at radius 2 is 2.35 bits per heavy atom. The molecule has 0 saturated carbocycles. The molecule has 0 aliphatic heterocycles. The summed E-state index contributed by atoms with van der Waals surface area (Å²) in [7, 11) is 0. The highest BCUT2D eigenvalue weighted by atomic mass is 16.3. The first-order valence-corrected chi connectivity index (χ1v) is 5.60. The van der Waals surface area contributed by atoms with E-state index in [1.54, 1.807) is 10.9 Å². The zero-order valence-electron chi connectivity index (χ0n) is 10.0. The average molecular weight is 235 g/mol. The summed E-state index contributed by atoms with van der Waals surface area (Å²) in [6.45, 7) is 4.68. The molecule has 0 radical (unpaired) electrons. The SMILES string of the molecule is Cc1[nH]ncc1C(C)Nc1cnn(CCO)c1. The molecule has 2 aromatic heterocycles. The van der Waals surface area contributed by atoms with Crippen LogP contribution in [0, 0.1) is 6.92 Å². The number of aliphatic hydroxyl groups excluding tert-OH is 1. The van der Waals surface area contributed by atoms with Crippen LogP contribution in [0.25, 0.3) is 0 Å². The fraction of sp³-hybridized carbons (Fsp3) is 0.455. The first-order valence-electron chi connectivity index (χ1n) is 5.60. The predicted molar refractivity (Wildman–Crippen MR) is 64.7 cm³/mol. The fourth-order valence-electron chi connectivity index (χ4n) is 1.79. The van der Waals surface area contributed by atoms with Crippen molar-refractivity contribution in [1.29, 1.82) is 0 Å². The van der Waals surface area contributed by atoms with Gasteiger partial charge in [0.1, 0.15) is 0 Å². The van der Waals surface area contributed by atoms with Crippen LogP contribution in [0.4, 0.5) is 5.69 Å². The molecule has 0 aliphatic rings. The van der Waals surface area contributed by atoms with E-state index in [1.165, 1.54) is 0 Å². The van der Waals surface area contributed by atoms with Crippen LogP contribution in [0.1, 0.15) is 24.2 Å². The van der Waals surface area contributed by atoms with Gasteiger partial charge in [-0.3, -0.25) is 9.78 Å². The lowest BCUT2D eigenvalue weighted by molar-refractivity contribution is 0.269. The maximum Gasteiger partial charge on any atom is 0.0731 e. The number of hydrogen-bond acceptors (Lipinski definition) is 4. The number of nitrogens with one attached hydrogen (secondary N) is 2. The highest BCUT2D eigenvalue weighted by molar-refractivity contribution is 5.41. The zero-order valence-corrected chi connectivity index (χ0v) is 10.0. The fourth-order valence-corrected chi connectivity index (χ4v) is 1.79. The molecule has 0 aliphatic carbocycles. The van der Waals surface area contributed by atoms with Gasteiger partial charge < -0.3 is 10.4 Å². The Hall–Kier alpha value is -1.82. The minimum absolute atomic E-state index is 0.0948. The number of aromatic nitrogens is 4. The van der Waals surface area contributed by atoms with Crippen LogP contribution in [-0.4, -0.2) is 31.7 Å². The quantitative estimate of drug-likeness (QED) is 0.724. The van der Waals surface area contributed by atoms with E-state index in [4.69, 9.17) is 5.11 Å². The van der Waals surface area contributed by atoms with E-state index < -0.39 is 0 Å². The molecule has 0 bridgehead atoms. The van der Waals surface area contributed by atoms with E-state index in [-0.39, 0.29) is 12.6 Å². The summed E-state index contributed by atoms with van der Waals surface area (Å²) in [5.41, 5.74) is 3.14. The molecule has 2 aromatic rings. The second-order valence-corrected chi connectivity index (χ2v) is 4.03. The lowest BCUT2D eigenvalue weighted by atomic mass is 10.1. The molecule has 1 unspecified atom stereocenters. The largest absolute Gasteiger partial charge is 0.394 e. The van der Waals surface area contributed by atoms with Crippen molar-refractivity contribution < 1.29 is 5.11 Å². The second-order valence-electron chi connectivity index (χ2n) is 4.03. The lowest BCUT2D eigenvalue weighted by Gasteiger charge is -2.12. The van der Waals surface area contributed by atoms with Gasteiger partial charge in [0.25, 0.3) is 0 Å². The molecule has 92 valence electrons. The molecule has 0 fully saturated rings. The Kier molecular flexibility index (Phi) is 3.43. The number of anilines is 1. The van der Waals surface area contributed by atoms with Gasteiger partial charge in [0, 0.05) is 17.5 Å². The molecule has 0 amide bonds. The van der Waals surface area contributed by atoms with Crippen molar-refractivity contribution in [3.8, 4) is 0 Å². The van der Waals surface area contributed by atoms with E-state index >= 15 is 0 Å². The number of nitrogens with zero attached hydrogens (tertiary/aromatic N) is 3. The number of aliphatic hydroxyl groups is 1. The second kappa shape index (κ2) is 5.01. The van der Waals surface area contributed by atoms with Crippen molar-refractivity contribution in [2.24, 2.45) is 0 Å². The Bertz CT molecular complexity index is 476. The van der Waals surface area contributed by atoms with Crippen LogP contribution >= 0.6 is 0 Å². The topological polar surface area (TPSA) is 78.8 Å². The molecule has 6 nitrogen and oxygen atoms in total. The van der Waals surface area contributed by atoms with Crippen LogP contribution in [-0.2, 0) is 6.54 Å². The average Bonchev–Trinajstić information content (AvgIpc) is 2.88. The van der Waals surface area contributed by atoms with Gasteiger partial charge in [-0.2, -0.15) is 10.2 Å². The van der Waals surface area contributed by atoms with Gasteiger partial charge >= 0.3 is 0 Å². The zero-order chi connectivity index (χ0) is 12.3. The van der Waals surface area contributed by atoms with E-state index in [0.717, 1.165) is 16.9 Å². The Morgan fingerprint density at radius 3 is 3.00 bits per heavy atom. The smallest absolute Gasteiger partial charge is 0.0731 e. The van der Waals surface area contributed by atoms with Gasteiger partial charge in [0.05, 0.1) is 37.3 Å². The summed E-state index contributed by atoms with van der Waals surface area (Å²) >= 11 is 0. The summed E-state index contributed by atoms with van der Waals surface area (Å²) in [4.78, 5) is 0. The molecule has 0 saturated heterocycles. The lowest BCUT2D eigenvalue weighted by Crippen LogP contribution is -2.06. The standard InChI is InChI=1S/C11H17N5O/c1-8(11-6-12-15-9(11)2)14-10-5-13-16(7-10)3-4-17/h5-8,14,17H,3-4H2,1-2H3,(H,12,15). The van der Waals surface area contributed by atoms with Gasteiger partial charge in [0.2, 0.25) is 0 Å². The number of rotatable bonds is 5. The van der Waals surface area contributed by atoms with Crippen LogP contribution in [0.15, 0.2) is 18.6 Å². The van der Waals surface area contributed by atoms with E-state index in [0.29, 0.717) is 6.54 Å². The van der Waals surface area contributed by atoms with Crippen molar-refractivity contribution in [3.63, 3.8) is 0 Å². The predicted octanol–water partition coefficient (Wildman–Crippen LogP) is 1.08. The van der Waals surface area contributed by atoms with Gasteiger partial charge in [-0.1, -0.05) is 0 Å². The molecular weight excluding hydrogens is 218 g/mol. The molecule has 0 aromatic carbocycles. The number of aryl methyl sites for hydroxylation is 1. The van der Waals surface area contributed by atoms with Crippen molar-refractivity contribution >= 4 is 5.69 Å². The van der Waals surface area contributed by atoms with Crippen molar-refractivity contribution in [2.75, 3.05) is 11.9 Å². The summed E-state index contributed by atoms with van der Waals surface area (Å²) in [6, 6.07) is 0.167. The van der Waals surface area contributed by atoms with E-state index in [2.05, 4.69) is 27.5 Å². The molecule has 3 N–H and O–H groups in total. The summed E-state index contributed by atoms with van der Waals surface area (Å²) < 4.78 is 1.71. The van der Waals surface area contributed by atoms with Crippen molar-refractivity contribution in [1.82, 2.24) is 20.0 Å². The van der Waals surface area contributed by atoms with Crippen LogP contribution < -0.4 is 5.32 Å². The summed E-state index contributed by atoms with van der Waals surface area (Å²) in [5, 5.41) is 23.2. The van der Waals surface area contributed by atoms with E-state index in [1.807, 2.05) is 19.3 Å². The molecule has 1 atom stereocenters. The van der Waals surface area contributed by atoms with Crippen molar-refractivity contribution in [3.05, 3.63) is 29.8 Å². The number of H-pyrrole nitrogens is 1. The number of aromatic amines is 1. The van der Waals surface area contributed by atoms with E-state index in [9.17, 15) is 0 Å². The molecule has 2 heterocycles. The highest BCUT2D eigenvalue weighted by Gasteiger charge is 2.10. The Morgan fingerprint density at radius 1 is 1.53 bits per heavy atom. The first kappa shape index (κ1) is 11.7. The van der Waals surface area contributed by atoms with Gasteiger partial charge in [-0.25, -0.2) is 0 Å². The van der Waals surface area contributed by atoms with Crippen LogP contribution in [0.2, 0.25) is 0 Å². The highest BCUT2D eigenvalue weighted by Crippen LogP contribution is 2.19. The molecular formula is C11H17N5O. The van der Waals surface area contributed by atoms with Gasteiger partial charge in [-0.05, 0) is 13.8 Å². The van der Waals surface area contributed by atoms with Gasteiger partial charge in [0.15, 0.2) is 0 Å². The summed E-state index contributed by atoms with van der Waals surface area (Å²) in [6.07, 6.45) is 5.45. The minimum Gasteiger partial charge on any atom is -0.394 e. The molecule has 17 heavy (non-hydrogen) atoms. The minimum atomic E-state index is 0.0948. The molecule has 6 heteroatoms. The Balaban J connectivity index is 2.02. The molecule has 0 spiro atoms. The van der Waals surface area contributed by atoms with Crippen molar-refractivity contribution in [2.45, 2.75) is 26.4 Å². The maximum atomic E-state index is 8.80. The third kappa shape index (κ3) is 2.65. The third-order valence-corrected chi connectivity index (χ3v) is 2.68. The normalized spacial score (nSPS) is 12.6. The molecule has 2 rings (SSSR count). The maximum absolute atomic E-state index is 8.80. The van der Waals surface area contributed by atoms with Crippen LogP contribution in [0.5, 0.6) is 0 Å². The third-order valence-electron chi connectivity index (χ3n) is 2.68. The van der Waals surface area contributed by atoms with Gasteiger partial charge in [-0.15, -0.1) is 0 Å². The Labute approximate surface area is 99.7 Å². The van der Waals surface area contributed by atoms with Crippen LogP contribution in [0.3, 0.4) is 0 Å². The number of hydrogen-bond donors (Lipinski definition) is 3. The summed E-state index contributed by atoms with van der Waals surface area (Å²) in [5.74, 6) is 0. The monoisotopic (exact) mass is 235 g/mol.